The van der Waals surface area contributed by atoms with Crippen molar-refractivity contribution in [2.24, 2.45) is 0 Å². The molecule has 0 unspecified atom stereocenters. The van der Waals surface area contributed by atoms with Gasteiger partial charge in [-0.1, -0.05) is 0 Å². The molecular formula is C20H28N6O2. The van der Waals surface area contributed by atoms with Gasteiger partial charge in [-0.3, -0.25) is 4.79 Å². The predicted octanol–water partition coefficient (Wildman–Crippen LogP) is 2.04. The number of ether oxygens (including phenoxy) is 1. The summed E-state index contributed by atoms with van der Waals surface area (Å²) in [6.45, 7) is 9.78. The van der Waals surface area contributed by atoms with E-state index < -0.39 is 0 Å². The lowest BCUT2D eigenvalue weighted by molar-refractivity contribution is -0.142. The number of carbonyl (C=O) groups is 1. The van der Waals surface area contributed by atoms with E-state index in [9.17, 15) is 4.79 Å². The smallest absolute Gasteiger partial charge is 0.224 e. The number of piperidine rings is 1. The van der Waals surface area contributed by atoms with E-state index >= 15 is 0 Å². The molecule has 4 heterocycles. The number of nitrogens with zero attached hydrogens (tertiary/aromatic N) is 6. The quantitative estimate of drug-likeness (QED) is 0.805. The number of fused-ring (bicyclic) bond motifs is 2. The summed E-state index contributed by atoms with van der Waals surface area (Å²) in [6, 6.07) is -0.00775. The number of carbonyl (C=O) groups excluding carboxylic acids is 1. The van der Waals surface area contributed by atoms with Gasteiger partial charge in [-0.15, -0.1) is 0 Å². The van der Waals surface area contributed by atoms with E-state index in [0.717, 1.165) is 42.4 Å². The maximum Gasteiger partial charge on any atom is 0.224 e. The van der Waals surface area contributed by atoms with Crippen molar-refractivity contribution in [2.45, 2.75) is 65.0 Å². The predicted molar refractivity (Wildman–Crippen MR) is 103 cm³/mol. The van der Waals surface area contributed by atoms with Crippen molar-refractivity contribution in [2.75, 3.05) is 19.7 Å². The second kappa shape index (κ2) is 7.24. The molecule has 2 aromatic rings. The van der Waals surface area contributed by atoms with Crippen molar-refractivity contribution in [1.29, 1.82) is 0 Å². The number of likely N-dealkylation sites (tertiary alicyclic amines) is 1. The Labute approximate surface area is 165 Å². The normalized spacial score (nSPS) is 19.5. The molecule has 1 amide bonds. The summed E-state index contributed by atoms with van der Waals surface area (Å²) in [5.41, 5.74) is 1.84. The summed E-state index contributed by atoms with van der Waals surface area (Å²) < 4.78 is 8.08. The van der Waals surface area contributed by atoms with Crippen LogP contribution in [0.1, 0.15) is 61.0 Å². The Hall–Kier alpha value is -2.35. The molecule has 0 aromatic carbocycles. The lowest BCUT2D eigenvalue weighted by atomic mass is 9.83. The Morgan fingerprint density at radius 3 is 2.64 bits per heavy atom. The van der Waals surface area contributed by atoms with Crippen molar-refractivity contribution in [3.05, 3.63) is 34.9 Å². The van der Waals surface area contributed by atoms with Gasteiger partial charge >= 0.3 is 0 Å². The second-order valence-corrected chi connectivity index (χ2v) is 7.97. The highest BCUT2D eigenvalue weighted by atomic mass is 16.5. The average Bonchev–Trinajstić information content (AvgIpc) is 3.01. The van der Waals surface area contributed by atoms with Gasteiger partial charge in [-0.2, -0.15) is 5.10 Å². The molecule has 28 heavy (non-hydrogen) atoms. The molecule has 1 fully saturated rings. The Morgan fingerprint density at radius 2 is 1.96 bits per heavy atom. The fourth-order valence-electron chi connectivity index (χ4n) is 4.42. The van der Waals surface area contributed by atoms with Gasteiger partial charge in [-0.25, -0.2) is 19.6 Å². The van der Waals surface area contributed by atoms with Crippen LogP contribution in [0.5, 0.6) is 0 Å². The van der Waals surface area contributed by atoms with E-state index in [1.165, 1.54) is 5.56 Å². The van der Waals surface area contributed by atoms with E-state index in [1.54, 1.807) is 0 Å². The first-order chi connectivity index (χ1) is 13.4. The highest BCUT2D eigenvalue weighted by Gasteiger charge is 2.43. The molecular weight excluding hydrogens is 356 g/mol. The Bertz CT molecular complexity index is 885. The van der Waals surface area contributed by atoms with Crippen LogP contribution in [0.15, 0.2) is 6.20 Å². The molecule has 0 radical (unpaired) electrons. The molecule has 0 N–H and O–H groups in total. The molecule has 4 rings (SSSR count). The standard InChI is InChI=1S/C20H28N6O2/c1-13(26-16(4)22-15(3)24-26)11-18(27)25-8-6-20(7-9-25)19-17(5-10-28-20)12-21-14(2)23-19/h12-13H,5-11H2,1-4H3/t13-/m0/s1. The Morgan fingerprint density at radius 1 is 1.21 bits per heavy atom. The third kappa shape index (κ3) is 3.41. The zero-order chi connectivity index (χ0) is 19.9. The summed E-state index contributed by atoms with van der Waals surface area (Å²) in [5.74, 6) is 2.51. The molecule has 2 aliphatic heterocycles. The van der Waals surface area contributed by atoms with Crippen LogP contribution >= 0.6 is 0 Å². The topological polar surface area (TPSA) is 86.0 Å². The van der Waals surface area contributed by atoms with Gasteiger partial charge in [0.2, 0.25) is 5.91 Å². The zero-order valence-electron chi connectivity index (χ0n) is 17.1. The van der Waals surface area contributed by atoms with E-state index in [-0.39, 0.29) is 17.6 Å². The van der Waals surface area contributed by atoms with Gasteiger partial charge < -0.3 is 9.64 Å². The van der Waals surface area contributed by atoms with Crippen LogP contribution in [0.25, 0.3) is 0 Å². The summed E-state index contributed by atoms with van der Waals surface area (Å²) in [4.78, 5) is 28.2. The van der Waals surface area contributed by atoms with Gasteiger partial charge in [0.1, 0.15) is 23.1 Å². The minimum absolute atomic E-state index is 0.00775. The zero-order valence-corrected chi connectivity index (χ0v) is 17.1. The van der Waals surface area contributed by atoms with Crippen LogP contribution < -0.4 is 0 Å². The van der Waals surface area contributed by atoms with Crippen molar-refractivity contribution in [3.63, 3.8) is 0 Å². The van der Waals surface area contributed by atoms with Crippen LogP contribution in [0.4, 0.5) is 0 Å². The van der Waals surface area contributed by atoms with Gasteiger partial charge in [0.05, 0.1) is 18.3 Å². The number of hydrogen-bond acceptors (Lipinski definition) is 6. The van der Waals surface area contributed by atoms with Gasteiger partial charge in [0.15, 0.2) is 0 Å². The van der Waals surface area contributed by atoms with Crippen LogP contribution in [-0.2, 0) is 21.6 Å². The molecule has 1 saturated heterocycles. The fourth-order valence-corrected chi connectivity index (χ4v) is 4.42. The Balaban J connectivity index is 1.43. The summed E-state index contributed by atoms with van der Waals surface area (Å²) in [6.07, 6.45) is 4.77. The number of aromatic nitrogens is 5. The third-order valence-electron chi connectivity index (χ3n) is 5.89. The monoisotopic (exact) mass is 384 g/mol. The first kappa shape index (κ1) is 19.0. The third-order valence-corrected chi connectivity index (χ3v) is 5.89. The second-order valence-electron chi connectivity index (χ2n) is 7.97. The molecule has 1 atom stereocenters. The summed E-state index contributed by atoms with van der Waals surface area (Å²) in [5, 5.41) is 4.41. The maximum absolute atomic E-state index is 12.9. The van der Waals surface area contributed by atoms with Gasteiger partial charge in [0, 0.05) is 25.7 Å². The van der Waals surface area contributed by atoms with Crippen molar-refractivity contribution in [1.82, 2.24) is 29.6 Å². The molecule has 0 saturated carbocycles. The molecule has 0 bridgehead atoms. The minimum Gasteiger partial charge on any atom is -0.368 e. The van der Waals surface area contributed by atoms with Crippen LogP contribution in [0.3, 0.4) is 0 Å². The van der Waals surface area contributed by atoms with E-state index in [0.29, 0.717) is 26.1 Å². The highest BCUT2D eigenvalue weighted by molar-refractivity contribution is 5.76. The van der Waals surface area contributed by atoms with E-state index in [1.807, 2.05) is 43.5 Å². The first-order valence-corrected chi connectivity index (χ1v) is 10.0. The SMILES string of the molecule is Cc1ncc2c(n1)C1(CCN(C(=O)C[C@H](C)n3nc(C)nc3C)CC1)OCC2. The molecule has 0 aliphatic carbocycles. The Kier molecular flexibility index (Phi) is 4.91. The molecule has 2 aromatic heterocycles. The molecule has 1 spiro atoms. The molecule has 150 valence electrons. The van der Waals surface area contributed by atoms with Crippen molar-refractivity contribution < 1.29 is 9.53 Å². The van der Waals surface area contributed by atoms with Crippen LogP contribution in [-0.4, -0.2) is 55.2 Å². The maximum atomic E-state index is 12.9. The van der Waals surface area contributed by atoms with Gasteiger partial charge in [-0.05, 0) is 52.5 Å². The summed E-state index contributed by atoms with van der Waals surface area (Å²) >= 11 is 0. The largest absolute Gasteiger partial charge is 0.368 e. The number of rotatable bonds is 3. The molecule has 2 aliphatic rings. The van der Waals surface area contributed by atoms with E-state index in [2.05, 4.69) is 15.1 Å². The van der Waals surface area contributed by atoms with Crippen molar-refractivity contribution >= 4 is 5.91 Å². The van der Waals surface area contributed by atoms with Crippen LogP contribution in [0.2, 0.25) is 0 Å². The number of amides is 1. The number of hydrogen-bond donors (Lipinski definition) is 0. The molecule has 8 heteroatoms. The lowest BCUT2D eigenvalue weighted by Gasteiger charge is -2.44. The number of aryl methyl sites for hydroxylation is 3. The average molecular weight is 384 g/mol. The summed E-state index contributed by atoms with van der Waals surface area (Å²) in [7, 11) is 0. The first-order valence-electron chi connectivity index (χ1n) is 10.0. The van der Waals surface area contributed by atoms with Crippen molar-refractivity contribution in [3.8, 4) is 0 Å². The molecule has 8 nitrogen and oxygen atoms in total. The minimum atomic E-state index is -0.372. The van der Waals surface area contributed by atoms with E-state index in [4.69, 9.17) is 9.72 Å². The highest BCUT2D eigenvalue weighted by Crippen LogP contribution is 2.40. The van der Waals surface area contributed by atoms with Crippen LogP contribution in [0, 0.1) is 20.8 Å². The van der Waals surface area contributed by atoms with Gasteiger partial charge in [0.25, 0.3) is 0 Å². The fraction of sp³-hybridized carbons (Fsp3) is 0.650. The lowest BCUT2D eigenvalue weighted by Crippen LogP contribution is -2.49.